The highest BCUT2D eigenvalue weighted by Crippen LogP contribution is 2.26. The maximum absolute atomic E-state index is 13.0. The van der Waals surface area contributed by atoms with Gasteiger partial charge in [0.05, 0.1) is 18.4 Å². The number of carbonyl (C=O) groups excluding carboxylic acids is 1. The number of nitrogens with one attached hydrogen (secondary N) is 2. The Bertz CT molecular complexity index is 1280. The van der Waals surface area contributed by atoms with Crippen molar-refractivity contribution in [3.05, 3.63) is 65.6 Å². The van der Waals surface area contributed by atoms with Gasteiger partial charge in [0.2, 0.25) is 26.0 Å². The van der Waals surface area contributed by atoms with E-state index >= 15 is 0 Å². The van der Waals surface area contributed by atoms with Crippen LogP contribution in [0.3, 0.4) is 0 Å². The quantitative estimate of drug-likeness (QED) is 0.403. The largest absolute Gasteiger partial charge is 0.504 e. The molecule has 35 heavy (non-hydrogen) atoms. The van der Waals surface area contributed by atoms with E-state index in [0.717, 1.165) is 11.0 Å². The fourth-order valence-electron chi connectivity index (χ4n) is 3.68. The van der Waals surface area contributed by atoms with Crippen LogP contribution in [-0.4, -0.2) is 58.9 Å². The highest BCUT2D eigenvalue weighted by Gasteiger charge is 2.32. The fraction of sp³-hybridized carbons (Fsp3) is 0.348. The van der Waals surface area contributed by atoms with Crippen LogP contribution in [0.25, 0.3) is 0 Å². The van der Waals surface area contributed by atoms with Crippen LogP contribution in [0.1, 0.15) is 17.5 Å². The van der Waals surface area contributed by atoms with Crippen molar-refractivity contribution >= 4 is 26.0 Å². The molecule has 0 bridgehead atoms. The maximum Gasteiger partial charge on any atom is 0.243 e. The van der Waals surface area contributed by atoms with Gasteiger partial charge in [-0.25, -0.2) is 21.6 Å². The molecule has 3 N–H and O–H groups in total. The molecule has 1 aliphatic rings. The van der Waals surface area contributed by atoms with E-state index in [1.165, 1.54) is 29.6 Å². The van der Waals surface area contributed by atoms with Crippen molar-refractivity contribution in [2.75, 3.05) is 26.7 Å². The van der Waals surface area contributed by atoms with Crippen LogP contribution in [0.15, 0.2) is 59.3 Å². The molecule has 1 heterocycles. The molecule has 1 saturated heterocycles. The molecule has 10 nitrogen and oxygen atoms in total. The van der Waals surface area contributed by atoms with Gasteiger partial charge in [-0.1, -0.05) is 24.8 Å². The van der Waals surface area contributed by atoms with Gasteiger partial charge in [-0.2, -0.15) is 4.31 Å². The second-order valence-electron chi connectivity index (χ2n) is 8.18. The van der Waals surface area contributed by atoms with E-state index < -0.39 is 20.0 Å². The molecule has 0 unspecified atom stereocenters. The van der Waals surface area contributed by atoms with Crippen molar-refractivity contribution in [3.8, 4) is 11.5 Å². The summed E-state index contributed by atoms with van der Waals surface area (Å²) in [6.45, 7) is 4.15. The predicted octanol–water partition coefficient (Wildman–Crippen LogP) is 1.33. The van der Waals surface area contributed by atoms with Crippen molar-refractivity contribution in [3.63, 3.8) is 0 Å². The van der Waals surface area contributed by atoms with Gasteiger partial charge in [0.25, 0.3) is 0 Å². The first-order valence-electron chi connectivity index (χ1n) is 10.9. The Balaban J connectivity index is 1.54. The number of carbonyl (C=O) groups is 1. The second kappa shape index (κ2) is 11.2. The number of amides is 1. The Labute approximate surface area is 205 Å². The minimum Gasteiger partial charge on any atom is -0.504 e. The molecule has 3 rings (SSSR count). The van der Waals surface area contributed by atoms with E-state index in [2.05, 4.69) is 16.6 Å². The molecule has 1 aliphatic heterocycles. The lowest BCUT2D eigenvalue weighted by molar-refractivity contribution is -0.120. The smallest absolute Gasteiger partial charge is 0.243 e. The van der Waals surface area contributed by atoms with Crippen molar-refractivity contribution < 1.29 is 31.5 Å². The van der Waals surface area contributed by atoms with Crippen LogP contribution in [0.2, 0.25) is 0 Å². The number of ether oxygens (including phenoxy) is 1. The zero-order valence-corrected chi connectivity index (χ0v) is 20.9. The highest BCUT2D eigenvalue weighted by atomic mass is 32.2. The van der Waals surface area contributed by atoms with E-state index in [-0.39, 0.29) is 48.5 Å². The second-order valence-corrected chi connectivity index (χ2v) is 11.8. The van der Waals surface area contributed by atoms with E-state index in [4.69, 9.17) is 4.74 Å². The molecule has 2 aromatic carbocycles. The van der Waals surface area contributed by atoms with Crippen LogP contribution >= 0.6 is 0 Å². The van der Waals surface area contributed by atoms with Crippen LogP contribution in [-0.2, 0) is 37.8 Å². The van der Waals surface area contributed by atoms with Crippen LogP contribution in [0, 0.1) is 5.92 Å². The first-order chi connectivity index (χ1) is 16.5. The Morgan fingerprint density at radius 3 is 2.51 bits per heavy atom. The third-order valence-corrected chi connectivity index (χ3v) is 8.59. The number of benzene rings is 2. The Kier molecular flexibility index (Phi) is 8.54. The summed E-state index contributed by atoms with van der Waals surface area (Å²) in [7, 11) is -5.84. The minimum absolute atomic E-state index is 0.0133. The number of hydrogen-bond acceptors (Lipinski definition) is 7. The van der Waals surface area contributed by atoms with Gasteiger partial charge in [0.15, 0.2) is 11.5 Å². The number of sulfonamides is 2. The lowest BCUT2D eigenvalue weighted by atomic mass is 10.1. The number of aromatic hydroxyl groups is 1. The molecule has 2 aromatic rings. The van der Waals surface area contributed by atoms with Gasteiger partial charge in [0, 0.05) is 31.6 Å². The average molecular weight is 524 g/mol. The van der Waals surface area contributed by atoms with E-state index in [9.17, 15) is 26.7 Å². The highest BCUT2D eigenvalue weighted by molar-refractivity contribution is 7.92. The summed E-state index contributed by atoms with van der Waals surface area (Å²) in [5.74, 6) is -0.0386. The number of phenols is 1. The number of nitrogens with zero attached hydrogens (tertiary/aromatic N) is 1. The number of phenolic OH excluding ortho intramolecular Hbond substituents is 1. The zero-order valence-electron chi connectivity index (χ0n) is 19.3. The van der Waals surface area contributed by atoms with Gasteiger partial charge in [-0.05, 0) is 47.7 Å². The van der Waals surface area contributed by atoms with Crippen LogP contribution < -0.4 is 14.8 Å². The lowest BCUT2D eigenvalue weighted by Crippen LogP contribution is -2.32. The molecule has 0 spiro atoms. The van der Waals surface area contributed by atoms with Crippen molar-refractivity contribution in [2.45, 2.75) is 24.3 Å². The average Bonchev–Trinajstić information content (AvgIpc) is 3.33. The van der Waals surface area contributed by atoms with E-state index in [1.54, 1.807) is 24.3 Å². The van der Waals surface area contributed by atoms with Gasteiger partial charge >= 0.3 is 0 Å². The lowest BCUT2D eigenvalue weighted by Gasteiger charge is -2.17. The molecule has 0 radical (unpaired) electrons. The van der Waals surface area contributed by atoms with Crippen molar-refractivity contribution in [2.24, 2.45) is 5.92 Å². The molecular weight excluding hydrogens is 494 g/mol. The SMILES string of the molecule is C=CS(=O)(=O)NC[C@H]1CCN(S(=O)(=O)c2ccc(CC(=O)NCc3ccc(O)c(OC)c3)cc2)C1. The topological polar surface area (TPSA) is 142 Å². The normalized spacial score (nSPS) is 16.7. The maximum atomic E-state index is 13.0. The van der Waals surface area contributed by atoms with Gasteiger partial charge in [0.1, 0.15) is 0 Å². The van der Waals surface area contributed by atoms with Gasteiger partial charge in [-0.3, -0.25) is 4.79 Å². The van der Waals surface area contributed by atoms with Gasteiger partial charge in [-0.15, -0.1) is 0 Å². The fourth-order valence-corrected chi connectivity index (χ4v) is 5.80. The summed E-state index contributed by atoms with van der Waals surface area (Å²) < 4.78 is 57.8. The summed E-state index contributed by atoms with van der Waals surface area (Å²) in [6.07, 6.45) is 0.620. The molecule has 1 atom stereocenters. The summed E-state index contributed by atoms with van der Waals surface area (Å²) in [4.78, 5) is 12.4. The molecule has 1 fully saturated rings. The monoisotopic (exact) mass is 523 g/mol. The molecule has 0 aromatic heterocycles. The zero-order chi connectivity index (χ0) is 25.6. The molecule has 0 saturated carbocycles. The Morgan fingerprint density at radius 2 is 1.86 bits per heavy atom. The number of methoxy groups -OCH3 is 1. The Hall–Kier alpha value is -2.93. The molecule has 0 aliphatic carbocycles. The summed E-state index contributed by atoms with van der Waals surface area (Å²) in [5.41, 5.74) is 1.42. The van der Waals surface area contributed by atoms with Crippen molar-refractivity contribution in [1.29, 1.82) is 0 Å². The summed E-state index contributed by atoms with van der Waals surface area (Å²) >= 11 is 0. The van der Waals surface area contributed by atoms with E-state index in [0.29, 0.717) is 24.3 Å². The summed E-state index contributed by atoms with van der Waals surface area (Å²) in [6, 6.07) is 10.9. The number of rotatable bonds is 11. The number of hydrogen-bond donors (Lipinski definition) is 3. The molecule has 1 amide bonds. The Morgan fingerprint density at radius 1 is 1.17 bits per heavy atom. The molecule has 190 valence electrons. The molecular formula is C23H29N3O7S2. The molecule has 12 heteroatoms. The minimum atomic E-state index is -3.73. The van der Waals surface area contributed by atoms with Crippen molar-refractivity contribution in [1.82, 2.24) is 14.3 Å². The van der Waals surface area contributed by atoms with Crippen LogP contribution in [0.4, 0.5) is 0 Å². The predicted molar refractivity (Wildman–Crippen MR) is 131 cm³/mol. The third kappa shape index (κ3) is 7.04. The standard InChI is InChI=1S/C23H29N3O7S2/c1-3-34(29,30)25-15-19-10-11-26(16-19)35(31,32)20-7-4-17(5-8-20)13-23(28)24-14-18-6-9-21(27)22(12-18)33-2/h3-9,12,19,25,27H,1,10-11,13-16H2,2H3,(H,24,28)/t19-/m1/s1. The van der Waals surface area contributed by atoms with E-state index in [1.807, 2.05) is 0 Å². The third-order valence-electron chi connectivity index (χ3n) is 5.70. The van der Waals surface area contributed by atoms with Crippen LogP contribution in [0.5, 0.6) is 11.5 Å². The first kappa shape index (κ1) is 26.7. The van der Waals surface area contributed by atoms with Gasteiger partial charge < -0.3 is 15.2 Å². The first-order valence-corrected chi connectivity index (χ1v) is 13.9. The summed E-state index contributed by atoms with van der Waals surface area (Å²) in [5, 5.41) is 13.2.